The van der Waals surface area contributed by atoms with E-state index in [4.69, 9.17) is 5.73 Å². The molecule has 2 atom stereocenters. The molecule has 1 aromatic carbocycles. The quantitative estimate of drug-likeness (QED) is 0.843. The van der Waals surface area contributed by atoms with Crippen molar-refractivity contribution in [1.29, 1.82) is 0 Å². The molecule has 2 heteroatoms. The van der Waals surface area contributed by atoms with Crippen molar-refractivity contribution in [3.63, 3.8) is 0 Å². The molecule has 94 valence electrons. The molecule has 2 nitrogen and oxygen atoms in total. The van der Waals surface area contributed by atoms with Crippen LogP contribution in [-0.4, -0.2) is 11.2 Å². The second-order valence-corrected chi connectivity index (χ2v) is 5.37. The van der Waals surface area contributed by atoms with E-state index >= 15 is 0 Å². The molecule has 1 fully saturated rings. The Morgan fingerprint density at radius 2 is 1.71 bits per heavy atom. The lowest BCUT2D eigenvalue weighted by Gasteiger charge is -2.27. The molecule has 17 heavy (non-hydrogen) atoms. The fraction of sp³-hybridized carbons (Fsp3) is 0.600. The predicted octanol–water partition coefficient (Wildman–Crippen LogP) is 2.85. The molecule has 0 saturated heterocycles. The van der Waals surface area contributed by atoms with Gasteiger partial charge < -0.3 is 10.8 Å². The van der Waals surface area contributed by atoms with Crippen LogP contribution in [-0.2, 0) is 0 Å². The summed E-state index contributed by atoms with van der Waals surface area (Å²) in [5.41, 5.74) is 9.78. The Kier molecular flexibility index (Phi) is 3.85. The summed E-state index contributed by atoms with van der Waals surface area (Å²) in [6.45, 7) is 4.15. The first-order chi connectivity index (χ1) is 8.11. The van der Waals surface area contributed by atoms with Crippen LogP contribution in [0, 0.1) is 19.8 Å². The normalized spacial score (nSPS) is 20.5. The molecule has 1 aromatic rings. The first kappa shape index (κ1) is 12.6. The molecule has 0 aliphatic heterocycles. The Hall–Kier alpha value is -0.860. The summed E-state index contributed by atoms with van der Waals surface area (Å²) in [5, 5.41) is 10.4. The average Bonchev–Trinajstić information content (AvgIpc) is 2.81. The Balaban J connectivity index is 2.20. The van der Waals surface area contributed by atoms with Crippen LogP contribution in [0.15, 0.2) is 18.2 Å². The maximum atomic E-state index is 10.4. The van der Waals surface area contributed by atoms with Crippen LogP contribution < -0.4 is 5.73 Å². The van der Waals surface area contributed by atoms with Crippen LogP contribution in [0.25, 0.3) is 0 Å². The third-order valence-electron chi connectivity index (χ3n) is 4.13. The molecule has 3 N–H and O–H groups in total. The van der Waals surface area contributed by atoms with Crippen molar-refractivity contribution in [3.8, 4) is 0 Å². The standard InChI is InChI=1S/C15H23NO/c1-10-6-5-7-11(2)13(10)14(16)15(17)12-8-3-4-9-12/h5-7,12,14-15,17H,3-4,8-9,16H2,1-2H3/t14-,15+/m0/s1. The molecule has 0 aromatic heterocycles. The minimum Gasteiger partial charge on any atom is -0.391 e. The van der Waals surface area contributed by atoms with E-state index in [9.17, 15) is 5.11 Å². The van der Waals surface area contributed by atoms with Gasteiger partial charge in [0, 0.05) is 0 Å². The van der Waals surface area contributed by atoms with Crippen LogP contribution in [0.1, 0.15) is 48.4 Å². The summed E-state index contributed by atoms with van der Waals surface area (Å²) in [6, 6.07) is 5.95. The van der Waals surface area contributed by atoms with Gasteiger partial charge in [0.15, 0.2) is 0 Å². The monoisotopic (exact) mass is 233 g/mol. The average molecular weight is 233 g/mol. The van der Waals surface area contributed by atoms with Gasteiger partial charge in [0.25, 0.3) is 0 Å². The van der Waals surface area contributed by atoms with E-state index in [0.29, 0.717) is 5.92 Å². The summed E-state index contributed by atoms with van der Waals surface area (Å²) in [5.74, 6) is 0.393. The lowest BCUT2D eigenvalue weighted by atomic mass is 9.87. The highest BCUT2D eigenvalue weighted by molar-refractivity contribution is 5.36. The van der Waals surface area contributed by atoms with E-state index < -0.39 is 6.10 Å². The molecule has 0 amide bonds. The van der Waals surface area contributed by atoms with Crippen molar-refractivity contribution < 1.29 is 5.11 Å². The third kappa shape index (κ3) is 2.53. The van der Waals surface area contributed by atoms with Crippen molar-refractivity contribution in [2.24, 2.45) is 11.7 Å². The number of aliphatic hydroxyl groups is 1. The van der Waals surface area contributed by atoms with Gasteiger partial charge in [-0.3, -0.25) is 0 Å². The lowest BCUT2D eigenvalue weighted by Crippen LogP contribution is -2.33. The molecule has 0 spiro atoms. The Morgan fingerprint density at radius 3 is 2.24 bits per heavy atom. The fourth-order valence-electron chi connectivity index (χ4n) is 3.12. The van der Waals surface area contributed by atoms with Crippen molar-refractivity contribution >= 4 is 0 Å². The van der Waals surface area contributed by atoms with E-state index in [1.807, 2.05) is 6.07 Å². The van der Waals surface area contributed by atoms with E-state index in [2.05, 4.69) is 26.0 Å². The first-order valence-corrected chi connectivity index (χ1v) is 6.61. The van der Waals surface area contributed by atoms with Gasteiger partial charge in [-0.15, -0.1) is 0 Å². The number of aliphatic hydroxyl groups excluding tert-OH is 1. The molecule has 1 aliphatic carbocycles. The molecule has 2 rings (SSSR count). The summed E-state index contributed by atoms with van der Waals surface area (Å²) >= 11 is 0. The van der Waals surface area contributed by atoms with Crippen molar-refractivity contribution in [2.75, 3.05) is 0 Å². The molecule has 1 aliphatic rings. The Morgan fingerprint density at radius 1 is 1.18 bits per heavy atom. The van der Waals surface area contributed by atoms with Crippen LogP contribution >= 0.6 is 0 Å². The summed E-state index contributed by atoms with van der Waals surface area (Å²) < 4.78 is 0. The number of benzene rings is 1. The molecular formula is C15H23NO. The van der Waals surface area contributed by atoms with E-state index in [0.717, 1.165) is 18.4 Å². The van der Waals surface area contributed by atoms with Crippen LogP contribution in [0.2, 0.25) is 0 Å². The third-order valence-corrected chi connectivity index (χ3v) is 4.13. The van der Waals surface area contributed by atoms with Gasteiger partial charge in [-0.2, -0.15) is 0 Å². The lowest BCUT2D eigenvalue weighted by molar-refractivity contribution is 0.0841. The number of hydrogen-bond donors (Lipinski definition) is 2. The summed E-state index contributed by atoms with van der Waals surface area (Å²) in [6.07, 6.45) is 4.33. The van der Waals surface area contributed by atoms with E-state index in [-0.39, 0.29) is 6.04 Å². The highest BCUT2D eigenvalue weighted by Crippen LogP contribution is 2.34. The number of aryl methyl sites for hydroxylation is 2. The van der Waals surface area contributed by atoms with Crippen LogP contribution in [0.5, 0.6) is 0 Å². The highest BCUT2D eigenvalue weighted by Gasteiger charge is 2.29. The zero-order valence-electron chi connectivity index (χ0n) is 10.8. The maximum absolute atomic E-state index is 10.4. The van der Waals surface area contributed by atoms with Gasteiger partial charge >= 0.3 is 0 Å². The van der Waals surface area contributed by atoms with Crippen LogP contribution in [0.4, 0.5) is 0 Å². The highest BCUT2D eigenvalue weighted by atomic mass is 16.3. The second-order valence-electron chi connectivity index (χ2n) is 5.37. The molecule has 1 saturated carbocycles. The smallest absolute Gasteiger partial charge is 0.0761 e. The van der Waals surface area contributed by atoms with Gasteiger partial charge in [-0.25, -0.2) is 0 Å². The molecular weight excluding hydrogens is 210 g/mol. The zero-order valence-corrected chi connectivity index (χ0v) is 10.8. The fourth-order valence-corrected chi connectivity index (χ4v) is 3.12. The van der Waals surface area contributed by atoms with E-state index in [1.165, 1.54) is 24.0 Å². The first-order valence-electron chi connectivity index (χ1n) is 6.61. The van der Waals surface area contributed by atoms with Crippen molar-refractivity contribution in [2.45, 2.75) is 51.7 Å². The second kappa shape index (κ2) is 5.19. The Bertz CT molecular complexity index is 362. The largest absolute Gasteiger partial charge is 0.391 e. The van der Waals surface area contributed by atoms with Gasteiger partial charge in [0.05, 0.1) is 12.1 Å². The number of hydrogen-bond acceptors (Lipinski definition) is 2. The van der Waals surface area contributed by atoms with Gasteiger partial charge in [-0.05, 0) is 49.3 Å². The van der Waals surface area contributed by atoms with E-state index in [1.54, 1.807) is 0 Å². The van der Waals surface area contributed by atoms with Crippen molar-refractivity contribution in [3.05, 3.63) is 34.9 Å². The topological polar surface area (TPSA) is 46.2 Å². The molecule has 0 heterocycles. The SMILES string of the molecule is Cc1cccc(C)c1[C@H](N)[C@H](O)C1CCCC1. The zero-order chi connectivity index (χ0) is 12.4. The van der Waals surface area contributed by atoms with Crippen LogP contribution in [0.3, 0.4) is 0 Å². The number of rotatable bonds is 3. The minimum absolute atomic E-state index is 0.237. The molecule has 0 radical (unpaired) electrons. The summed E-state index contributed by atoms with van der Waals surface area (Å²) in [7, 11) is 0. The molecule has 0 unspecified atom stereocenters. The van der Waals surface area contributed by atoms with Gasteiger partial charge in [-0.1, -0.05) is 31.0 Å². The van der Waals surface area contributed by atoms with Crippen molar-refractivity contribution in [1.82, 2.24) is 0 Å². The maximum Gasteiger partial charge on any atom is 0.0761 e. The Labute approximate surface area is 104 Å². The molecule has 0 bridgehead atoms. The van der Waals surface area contributed by atoms with Gasteiger partial charge in [0.1, 0.15) is 0 Å². The minimum atomic E-state index is -0.391. The predicted molar refractivity (Wildman–Crippen MR) is 70.8 cm³/mol. The summed E-state index contributed by atoms with van der Waals surface area (Å²) in [4.78, 5) is 0. The van der Waals surface area contributed by atoms with Gasteiger partial charge in [0.2, 0.25) is 0 Å². The number of nitrogens with two attached hydrogens (primary N) is 1.